The van der Waals surface area contributed by atoms with Gasteiger partial charge in [0.1, 0.15) is 5.75 Å². The molecule has 0 heterocycles. The van der Waals surface area contributed by atoms with E-state index in [2.05, 4.69) is 15.9 Å². The van der Waals surface area contributed by atoms with Gasteiger partial charge >= 0.3 is 5.97 Å². The molecule has 0 aromatic heterocycles. The monoisotopic (exact) mass is 430 g/mol. The molecule has 6 heteroatoms. The number of carbonyl (C=O) groups excluding carboxylic acids is 1. The largest absolute Gasteiger partial charge is 0.492 e. The Morgan fingerprint density at radius 1 is 1.21 bits per heavy atom. The molecule has 0 aliphatic heterocycles. The van der Waals surface area contributed by atoms with Gasteiger partial charge in [-0.2, -0.15) is 0 Å². The van der Waals surface area contributed by atoms with Crippen molar-refractivity contribution in [2.45, 2.75) is 18.8 Å². The number of benzene rings is 2. The second-order valence-corrected chi connectivity index (χ2v) is 6.86. The van der Waals surface area contributed by atoms with E-state index in [4.69, 9.17) is 32.7 Å². The number of hydrogen-bond acceptors (Lipinski definition) is 3. The second kappa shape index (κ2) is 9.30. The predicted molar refractivity (Wildman–Crippen MR) is 100 cm³/mol. The normalized spacial score (nSPS) is 11.8. The molecule has 0 fully saturated rings. The first-order valence-electron chi connectivity index (χ1n) is 7.43. The van der Waals surface area contributed by atoms with E-state index in [1.165, 1.54) is 7.11 Å². The van der Waals surface area contributed by atoms with Crippen LogP contribution in [0.3, 0.4) is 0 Å². The Labute approximate surface area is 160 Å². The van der Waals surface area contributed by atoms with Gasteiger partial charge in [-0.25, -0.2) is 0 Å². The molecule has 0 N–H and O–H groups in total. The minimum atomic E-state index is -0.442. The van der Waals surface area contributed by atoms with Crippen molar-refractivity contribution < 1.29 is 14.3 Å². The highest BCUT2D eigenvalue weighted by atomic mass is 79.9. The molecular weight excluding hydrogens is 415 g/mol. The topological polar surface area (TPSA) is 35.5 Å². The zero-order chi connectivity index (χ0) is 17.5. The lowest BCUT2D eigenvalue weighted by Crippen LogP contribution is -2.16. The van der Waals surface area contributed by atoms with Crippen LogP contribution in [0.15, 0.2) is 46.9 Å². The van der Waals surface area contributed by atoms with E-state index in [1.807, 2.05) is 24.3 Å². The molecule has 0 bridgehead atoms. The highest BCUT2D eigenvalue weighted by Crippen LogP contribution is 2.31. The summed E-state index contributed by atoms with van der Waals surface area (Å²) < 4.78 is 11.5. The van der Waals surface area contributed by atoms with Gasteiger partial charge in [-0.1, -0.05) is 41.4 Å². The van der Waals surface area contributed by atoms with Gasteiger partial charge in [0.15, 0.2) is 0 Å². The van der Waals surface area contributed by atoms with Crippen LogP contribution in [0, 0.1) is 0 Å². The Kier molecular flexibility index (Phi) is 7.40. The van der Waals surface area contributed by atoms with Gasteiger partial charge in [0.25, 0.3) is 0 Å². The molecule has 0 aliphatic carbocycles. The van der Waals surface area contributed by atoms with Gasteiger partial charge in [-0.3, -0.25) is 4.79 Å². The Hall–Kier alpha value is -1.23. The van der Waals surface area contributed by atoms with E-state index in [-0.39, 0.29) is 5.97 Å². The van der Waals surface area contributed by atoms with E-state index in [0.717, 1.165) is 10.2 Å². The molecule has 0 saturated carbocycles. The van der Waals surface area contributed by atoms with Crippen molar-refractivity contribution in [2.75, 3.05) is 13.7 Å². The van der Waals surface area contributed by atoms with Crippen LogP contribution in [0.1, 0.15) is 24.3 Å². The number of hydrogen-bond donors (Lipinski definition) is 0. The van der Waals surface area contributed by atoms with Crippen molar-refractivity contribution in [1.82, 2.24) is 0 Å². The molecule has 24 heavy (non-hydrogen) atoms. The molecule has 128 valence electrons. The van der Waals surface area contributed by atoms with E-state index < -0.39 is 5.92 Å². The quantitative estimate of drug-likeness (QED) is 0.406. The molecule has 3 nitrogen and oxygen atoms in total. The predicted octanol–water partition coefficient (Wildman–Crippen LogP) is 5.87. The summed E-state index contributed by atoms with van der Waals surface area (Å²) in [5, 5.41) is 0.995. The van der Waals surface area contributed by atoms with Crippen molar-refractivity contribution in [3.8, 4) is 5.75 Å². The van der Waals surface area contributed by atoms with Crippen LogP contribution in [0.5, 0.6) is 5.75 Å². The van der Waals surface area contributed by atoms with Crippen LogP contribution in [0.25, 0.3) is 0 Å². The summed E-state index contributed by atoms with van der Waals surface area (Å²) >= 11 is 15.6. The summed E-state index contributed by atoms with van der Waals surface area (Å²) in [5.74, 6) is 0.0133. The molecule has 0 aliphatic rings. The third-order valence-corrected chi connectivity index (χ3v) is 4.77. The highest BCUT2D eigenvalue weighted by Gasteiger charge is 2.23. The first-order valence-corrected chi connectivity index (χ1v) is 8.98. The molecule has 0 saturated heterocycles. The number of methoxy groups -OCH3 is 1. The van der Waals surface area contributed by atoms with Crippen LogP contribution in [0.4, 0.5) is 0 Å². The lowest BCUT2D eigenvalue weighted by Gasteiger charge is -2.17. The molecular formula is C18H17BrCl2O3. The number of esters is 1. The van der Waals surface area contributed by atoms with Gasteiger partial charge in [0.05, 0.1) is 24.1 Å². The van der Waals surface area contributed by atoms with Gasteiger partial charge in [-0.15, -0.1) is 0 Å². The van der Waals surface area contributed by atoms with Crippen molar-refractivity contribution >= 4 is 45.1 Å². The second-order valence-electron chi connectivity index (χ2n) is 5.16. The first kappa shape index (κ1) is 19.1. The minimum Gasteiger partial charge on any atom is -0.492 e. The van der Waals surface area contributed by atoms with Crippen LogP contribution < -0.4 is 4.74 Å². The molecule has 2 aromatic rings. The molecule has 0 unspecified atom stereocenters. The van der Waals surface area contributed by atoms with E-state index in [1.54, 1.807) is 18.2 Å². The van der Waals surface area contributed by atoms with Crippen molar-refractivity contribution in [2.24, 2.45) is 0 Å². The maximum Gasteiger partial charge on any atom is 0.313 e. The molecule has 1 atom stereocenters. The third-order valence-electron chi connectivity index (χ3n) is 3.55. The molecule has 0 radical (unpaired) electrons. The minimum absolute atomic E-state index is 0.319. The van der Waals surface area contributed by atoms with Crippen LogP contribution in [-0.4, -0.2) is 19.7 Å². The average Bonchev–Trinajstić information content (AvgIpc) is 2.57. The SMILES string of the molecule is COC(=O)[C@H](CCCOc1ccccc1Br)c1ccc(Cl)cc1Cl. The van der Waals surface area contributed by atoms with Gasteiger partial charge in [-0.05, 0) is 58.6 Å². The Balaban J connectivity index is 1.99. The van der Waals surface area contributed by atoms with Crippen LogP contribution in [-0.2, 0) is 9.53 Å². The van der Waals surface area contributed by atoms with Crippen molar-refractivity contribution in [1.29, 1.82) is 0 Å². The lowest BCUT2D eigenvalue weighted by molar-refractivity contribution is -0.142. The summed E-state index contributed by atoms with van der Waals surface area (Å²) in [6.45, 7) is 0.487. The van der Waals surface area contributed by atoms with Gasteiger partial charge in [0.2, 0.25) is 0 Å². The van der Waals surface area contributed by atoms with E-state index >= 15 is 0 Å². The third kappa shape index (κ3) is 5.13. The van der Waals surface area contributed by atoms with Crippen molar-refractivity contribution in [3.63, 3.8) is 0 Å². The van der Waals surface area contributed by atoms with Gasteiger partial charge in [0, 0.05) is 10.0 Å². The molecule has 0 amide bonds. The highest BCUT2D eigenvalue weighted by molar-refractivity contribution is 9.10. The maximum atomic E-state index is 12.1. The number of rotatable bonds is 7. The fourth-order valence-electron chi connectivity index (χ4n) is 2.36. The standard InChI is InChI=1S/C18H17BrCl2O3/c1-23-18(22)14(13-9-8-12(20)11-16(13)21)5-4-10-24-17-7-3-2-6-15(17)19/h2-3,6-9,11,14H,4-5,10H2,1H3/t14-/m1/s1. The maximum absolute atomic E-state index is 12.1. The zero-order valence-corrected chi connectivity index (χ0v) is 16.2. The number of halogens is 3. The van der Waals surface area contributed by atoms with E-state index in [0.29, 0.717) is 35.1 Å². The average molecular weight is 432 g/mol. The van der Waals surface area contributed by atoms with Crippen molar-refractivity contribution in [3.05, 3.63) is 62.5 Å². The number of para-hydroxylation sites is 1. The molecule has 0 spiro atoms. The Morgan fingerprint density at radius 2 is 1.96 bits per heavy atom. The Morgan fingerprint density at radius 3 is 2.62 bits per heavy atom. The fraction of sp³-hybridized carbons (Fsp3) is 0.278. The smallest absolute Gasteiger partial charge is 0.313 e. The van der Waals surface area contributed by atoms with Crippen LogP contribution in [0.2, 0.25) is 10.0 Å². The summed E-state index contributed by atoms with van der Waals surface area (Å²) in [4.78, 5) is 12.1. The van der Waals surface area contributed by atoms with Crippen LogP contribution >= 0.6 is 39.1 Å². The summed E-state index contributed by atoms with van der Waals surface area (Å²) in [5.41, 5.74) is 0.716. The zero-order valence-electron chi connectivity index (χ0n) is 13.1. The summed E-state index contributed by atoms with van der Waals surface area (Å²) in [7, 11) is 1.37. The molecule has 2 aromatic carbocycles. The van der Waals surface area contributed by atoms with Gasteiger partial charge < -0.3 is 9.47 Å². The summed E-state index contributed by atoms with van der Waals surface area (Å²) in [6, 6.07) is 12.7. The number of carbonyl (C=O) groups is 1. The molecule has 2 rings (SSSR count). The first-order chi connectivity index (χ1) is 11.5. The summed E-state index contributed by atoms with van der Waals surface area (Å²) in [6.07, 6.45) is 1.25. The number of ether oxygens (including phenoxy) is 2. The Bertz CT molecular complexity index is 706. The van der Waals surface area contributed by atoms with E-state index in [9.17, 15) is 4.79 Å². The lowest BCUT2D eigenvalue weighted by atomic mass is 9.94. The fourth-order valence-corrected chi connectivity index (χ4v) is 3.30.